The smallest absolute Gasteiger partial charge is 0.282 e. The van der Waals surface area contributed by atoms with Crippen molar-refractivity contribution >= 4 is 28.8 Å². The van der Waals surface area contributed by atoms with Crippen molar-refractivity contribution in [1.29, 1.82) is 0 Å². The van der Waals surface area contributed by atoms with E-state index in [0.717, 1.165) is 17.8 Å². The summed E-state index contributed by atoms with van der Waals surface area (Å²) in [4.78, 5) is 11.7. The van der Waals surface area contributed by atoms with Gasteiger partial charge in [0.15, 0.2) is 0 Å². The number of nitrogens with one attached hydrogen (secondary N) is 1. The summed E-state index contributed by atoms with van der Waals surface area (Å²) in [7, 11) is 0. The second kappa shape index (κ2) is 5.93. The number of aromatic nitrogens is 2. The van der Waals surface area contributed by atoms with Gasteiger partial charge in [0.25, 0.3) is 5.91 Å². The molecule has 1 aromatic carbocycles. The number of carbonyl (C=O) groups is 1. The zero-order chi connectivity index (χ0) is 13.0. The van der Waals surface area contributed by atoms with Gasteiger partial charge in [-0.25, -0.2) is 0 Å². The summed E-state index contributed by atoms with van der Waals surface area (Å²) in [5.41, 5.74) is 2.42. The molecule has 0 bridgehead atoms. The molecule has 2 aromatic rings. The highest BCUT2D eigenvalue weighted by Crippen LogP contribution is 2.14. The van der Waals surface area contributed by atoms with Crippen LogP contribution >= 0.6 is 22.9 Å². The fourth-order valence-electron chi connectivity index (χ4n) is 1.56. The van der Waals surface area contributed by atoms with E-state index in [1.54, 1.807) is 0 Å². The number of benzene rings is 1. The van der Waals surface area contributed by atoms with Gasteiger partial charge in [-0.05, 0) is 30.5 Å². The summed E-state index contributed by atoms with van der Waals surface area (Å²) in [6.07, 6.45) is 0.792. The lowest BCUT2D eigenvalue weighted by Crippen LogP contribution is -2.25. The number of hydrogen-bond donors (Lipinski definition) is 1. The van der Waals surface area contributed by atoms with Crippen LogP contribution in [-0.2, 0) is 6.42 Å². The van der Waals surface area contributed by atoms with Gasteiger partial charge >= 0.3 is 0 Å². The SMILES string of the molecule is Cc1cccc(CCNC(=O)c2nnc(Cl)s2)c1. The Morgan fingerprint density at radius 3 is 2.94 bits per heavy atom. The summed E-state index contributed by atoms with van der Waals surface area (Å²) in [5, 5.41) is 10.4. The van der Waals surface area contributed by atoms with Crippen LogP contribution in [0.4, 0.5) is 0 Å². The van der Waals surface area contributed by atoms with Crippen LogP contribution in [0.15, 0.2) is 24.3 Å². The topological polar surface area (TPSA) is 54.9 Å². The molecule has 0 aliphatic rings. The van der Waals surface area contributed by atoms with Gasteiger partial charge in [-0.2, -0.15) is 0 Å². The lowest BCUT2D eigenvalue weighted by Gasteiger charge is -2.03. The molecule has 4 nitrogen and oxygen atoms in total. The first kappa shape index (κ1) is 13.0. The lowest BCUT2D eigenvalue weighted by molar-refractivity contribution is 0.0953. The summed E-state index contributed by atoms with van der Waals surface area (Å²) >= 11 is 6.69. The van der Waals surface area contributed by atoms with E-state index in [1.807, 2.05) is 25.1 Å². The van der Waals surface area contributed by atoms with Crippen LogP contribution in [0.3, 0.4) is 0 Å². The summed E-state index contributed by atoms with van der Waals surface area (Å²) < 4.78 is 0.277. The highest BCUT2D eigenvalue weighted by atomic mass is 35.5. The molecule has 0 fully saturated rings. The fraction of sp³-hybridized carbons (Fsp3) is 0.250. The first-order valence-corrected chi connectivity index (χ1v) is 6.67. The predicted octanol–water partition coefficient (Wildman–Crippen LogP) is 2.47. The second-order valence-corrected chi connectivity index (χ2v) is 5.41. The average molecular weight is 282 g/mol. The Morgan fingerprint density at radius 1 is 1.44 bits per heavy atom. The minimum absolute atomic E-state index is 0.230. The fourth-order valence-corrected chi connectivity index (χ4v) is 2.31. The molecule has 1 heterocycles. The third-order valence-electron chi connectivity index (χ3n) is 2.38. The number of rotatable bonds is 4. The first-order chi connectivity index (χ1) is 8.65. The van der Waals surface area contributed by atoms with Crippen LogP contribution in [0, 0.1) is 6.92 Å². The Balaban J connectivity index is 1.84. The molecule has 0 atom stereocenters. The molecule has 0 radical (unpaired) electrons. The standard InChI is InChI=1S/C12H12ClN3OS/c1-8-3-2-4-9(7-8)5-6-14-10(17)11-15-16-12(13)18-11/h2-4,7H,5-6H2,1H3,(H,14,17). The van der Waals surface area contributed by atoms with Gasteiger partial charge in [-0.1, -0.05) is 41.2 Å². The third-order valence-corrected chi connectivity index (χ3v) is 3.39. The van der Waals surface area contributed by atoms with Gasteiger partial charge in [-0.3, -0.25) is 4.79 Å². The normalized spacial score (nSPS) is 10.3. The van der Waals surface area contributed by atoms with Crippen LogP contribution in [0.1, 0.15) is 20.9 Å². The van der Waals surface area contributed by atoms with E-state index in [-0.39, 0.29) is 10.4 Å². The van der Waals surface area contributed by atoms with Gasteiger partial charge in [0.2, 0.25) is 9.47 Å². The first-order valence-electron chi connectivity index (χ1n) is 5.48. The Labute approximate surface area is 114 Å². The highest BCUT2D eigenvalue weighted by molar-refractivity contribution is 7.17. The van der Waals surface area contributed by atoms with E-state index in [1.165, 1.54) is 11.1 Å². The van der Waals surface area contributed by atoms with Crippen LogP contribution in [0.2, 0.25) is 4.47 Å². The quantitative estimate of drug-likeness (QED) is 0.937. The van der Waals surface area contributed by atoms with Crippen molar-refractivity contribution in [2.24, 2.45) is 0 Å². The number of nitrogens with zero attached hydrogens (tertiary/aromatic N) is 2. The van der Waals surface area contributed by atoms with Crippen molar-refractivity contribution in [1.82, 2.24) is 15.5 Å². The average Bonchev–Trinajstić information content (AvgIpc) is 2.76. The molecular formula is C12H12ClN3OS. The van der Waals surface area contributed by atoms with Crippen molar-refractivity contribution in [2.75, 3.05) is 6.54 Å². The zero-order valence-electron chi connectivity index (χ0n) is 9.81. The van der Waals surface area contributed by atoms with Gasteiger partial charge in [0.1, 0.15) is 0 Å². The monoisotopic (exact) mass is 281 g/mol. The van der Waals surface area contributed by atoms with E-state index in [2.05, 4.69) is 21.6 Å². The van der Waals surface area contributed by atoms with Crippen molar-refractivity contribution < 1.29 is 4.79 Å². The number of amides is 1. The van der Waals surface area contributed by atoms with Gasteiger partial charge in [0.05, 0.1) is 0 Å². The molecule has 1 amide bonds. The number of hydrogen-bond acceptors (Lipinski definition) is 4. The number of aryl methyl sites for hydroxylation is 1. The summed E-state index contributed by atoms with van der Waals surface area (Å²) in [5.74, 6) is -0.230. The Bertz CT molecular complexity index is 556. The Morgan fingerprint density at radius 2 is 2.28 bits per heavy atom. The maximum atomic E-state index is 11.7. The van der Waals surface area contributed by atoms with Gasteiger partial charge in [0, 0.05) is 6.54 Å². The van der Waals surface area contributed by atoms with E-state index in [4.69, 9.17) is 11.6 Å². The van der Waals surface area contributed by atoms with E-state index >= 15 is 0 Å². The Kier molecular flexibility index (Phi) is 4.28. The largest absolute Gasteiger partial charge is 0.350 e. The van der Waals surface area contributed by atoms with Crippen LogP contribution in [0.5, 0.6) is 0 Å². The van der Waals surface area contributed by atoms with Crippen LogP contribution < -0.4 is 5.32 Å². The van der Waals surface area contributed by atoms with Crippen molar-refractivity contribution in [2.45, 2.75) is 13.3 Å². The van der Waals surface area contributed by atoms with E-state index in [0.29, 0.717) is 11.6 Å². The molecule has 2 rings (SSSR count). The van der Waals surface area contributed by atoms with Gasteiger partial charge in [-0.15, -0.1) is 10.2 Å². The lowest BCUT2D eigenvalue weighted by atomic mass is 10.1. The molecule has 0 spiro atoms. The minimum Gasteiger partial charge on any atom is -0.350 e. The maximum Gasteiger partial charge on any atom is 0.282 e. The maximum absolute atomic E-state index is 11.7. The number of halogens is 1. The second-order valence-electron chi connectivity index (χ2n) is 3.86. The van der Waals surface area contributed by atoms with E-state index in [9.17, 15) is 4.79 Å². The zero-order valence-corrected chi connectivity index (χ0v) is 11.4. The predicted molar refractivity (Wildman–Crippen MR) is 72.1 cm³/mol. The molecule has 6 heteroatoms. The highest BCUT2D eigenvalue weighted by Gasteiger charge is 2.10. The van der Waals surface area contributed by atoms with Gasteiger partial charge < -0.3 is 5.32 Å². The number of carbonyl (C=O) groups excluding carboxylic acids is 1. The van der Waals surface area contributed by atoms with Crippen molar-refractivity contribution in [3.05, 3.63) is 44.9 Å². The molecule has 0 aliphatic heterocycles. The third kappa shape index (κ3) is 3.51. The molecule has 0 saturated heterocycles. The Hall–Kier alpha value is -1.46. The molecule has 0 unspecified atom stereocenters. The minimum atomic E-state index is -0.230. The molecular weight excluding hydrogens is 270 g/mol. The molecule has 0 saturated carbocycles. The van der Waals surface area contributed by atoms with E-state index < -0.39 is 0 Å². The van der Waals surface area contributed by atoms with Crippen LogP contribution in [-0.4, -0.2) is 22.6 Å². The van der Waals surface area contributed by atoms with Crippen molar-refractivity contribution in [3.63, 3.8) is 0 Å². The van der Waals surface area contributed by atoms with Crippen LogP contribution in [0.25, 0.3) is 0 Å². The summed E-state index contributed by atoms with van der Waals surface area (Å²) in [6.45, 7) is 2.62. The molecule has 18 heavy (non-hydrogen) atoms. The molecule has 94 valence electrons. The molecule has 0 aliphatic carbocycles. The molecule has 1 aromatic heterocycles. The summed E-state index contributed by atoms with van der Waals surface area (Å²) in [6, 6.07) is 8.21. The molecule has 1 N–H and O–H groups in total. The van der Waals surface area contributed by atoms with Crippen molar-refractivity contribution in [3.8, 4) is 0 Å².